The number of hydrogen-bond acceptors (Lipinski definition) is 7. The maximum absolute atomic E-state index is 13.6. The molecule has 0 radical (unpaired) electrons. The van der Waals surface area contributed by atoms with E-state index in [1.807, 2.05) is 53.4 Å². The lowest BCUT2D eigenvalue weighted by Crippen LogP contribution is -2.55. The van der Waals surface area contributed by atoms with Crippen LogP contribution in [0, 0.1) is 11.7 Å². The number of rotatable bonds is 15. The Labute approximate surface area is 256 Å². The van der Waals surface area contributed by atoms with Crippen LogP contribution >= 0.6 is 0 Å². The van der Waals surface area contributed by atoms with Crippen molar-refractivity contribution in [3.8, 4) is 0 Å². The second-order valence-electron chi connectivity index (χ2n) is 11.6. The van der Waals surface area contributed by atoms with Gasteiger partial charge in [-0.25, -0.2) is 9.37 Å². The van der Waals surface area contributed by atoms with E-state index >= 15 is 0 Å². The summed E-state index contributed by atoms with van der Waals surface area (Å²) in [4.78, 5) is 19.6. The van der Waals surface area contributed by atoms with E-state index in [9.17, 15) is 29.6 Å². The van der Waals surface area contributed by atoms with Gasteiger partial charge in [-0.05, 0) is 85.0 Å². The maximum atomic E-state index is 13.6. The molecule has 0 spiro atoms. The Morgan fingerprint density at radius 2 is 1.57 bits per heavy atom. The van der Waals surface area contributed by atoms with Gasteiger partial charge in [0.1, 0.15) is 23.6 Å². The lowest BCUT2D eigenvalue weighted by atomic mass is 9.78. The Morgan fingerprint density at radius 1 is 0.909 bits per heavy atom. The van der Waals surface area contributed by atoms with E-state index < -0.39 is 24.9 Å². The van der Waals surface area contributed by atoms with Crippen molar-refractivity contribution in [1.29, 1.82) is 0 Å². The first-order valence-corrected chi connectivity index (χ1v) is 15.0. The molecule has 1 amide bonds. The number of anilines is 1. The molecular formula is C34H39FN4O5. The first-order chi connectivity index (χ1) is 21.3. The van der Waals surface area contributed by atoms with Gasteiger partial charge in [-0.3, -0.25) is 9.89 Å². The number of aromatic nitrogens is 3. The van der Waals surface area contributed by atoms with E-state index in [4.69, 9.17) is 0 Å². The second kappa shape index (κ2) is 14.2. The van der Waals surface area contributed by atoms with Crippen molar-refractivity contribution in [2.24, 2.45) is 5.92 Å². The molecule has 1 aliphatic rings. The highest BCUT2D eigenvalue weighted by molar-refractivity contribution is 6.03. The van der Waals surface area contributed by atoms with Crippen LogP contribution in [0.2, 0.25) is 0 Å². The summed E-state index contributed by atoms with van der Waals surface area (Å²) in [7, 11) is 0. The number of β-lactam (4-membered cyclic amide) rings is 1. The summed E-state index contributed by atoms with van der Waals surface area (Å²) in [6.45, 7) is -0.985. The lowest BCUT2D eigenvalue weighted by Gasteiger charge is -2.48. The number of aromatic amines is 1. The molecular weight excluding hydrogens is 563 g/mol. The van der Waals surface area contributed by atoms with Gasteiger partial charge in [-0.15, -0.1) is 0 Å². The quantitative estimate of drug-likeness (QED) is 0.130. The molecule has 2 heterocycles. The van der Waals surface area contributed by atoms with Crippen LogP contribution in [0.15, 0.2) is 79.1 Å². The van der Waals surface area contributed by atoms with Crippen LogP contribution in [-0.2, 0) is 24.1 Å². The number of H-pyrrole nitrogens is 1. The van der Waals surface area contributed by atoms with Crippen molar-refractivity contribution in [2.45, 2.75) is 62.7 Å². The highest BCUT2D eigenvalue weighted by Crippen LogP contribution is 2.46. The predicted octanol–water partition coefficient (Wildman–Crippen LogP) is 3.99. The smallest absolute Gasteiger partial charge is 0.233 e. The predicted molar refractivity (Wildman–Crippen MR) is 163 cm³/mol. The van der Waals surface area contributed by atoms with Gasteiger partial charge < -0.3 is 25.3 Å². The van der Waals surface area contributed by atoms with Gasteiger partial charge in [0, 0.05) is 12.1 Å². The van der Waals surface area contributed by atoms with Gasteiger partial charge in [0.25, 0.3) is 0 Å². The van der Waals surface area contributed by atoms with Gasteiger partial charge >= 0.3 is 0 Å². The minimum absolute atomic E-state index is 0.00733. The summed E-state index contributed by atoms with van der Waals surface area (Å²) < 4.78 is 13.4. The third-order valence-corrected chi connectivity index (χ3v) is 8.57. The monoisotopic (exact) mass is 602 g/mol. The highest BCUT2D eigenvalue weighted by atomic mass is 19.1. The number of aliphatic hydroxyl groups is 4. The van der Waals surface area contributed by atoms with E-state index in [1.54, 1.807) is 12.1 Å². The first-order valence-electron chi connectivity index (χ1n) is 15.0. The third-order valence-electron chi connectivity index (χ3n) is 8.57. The van der Waals surface area contributed by atoms with Crippen LogP contribution in [-0.4, -0.2) is 60.3 Å². The number of aryl methyl sites for hydroxylation is 3. The van der Waals surface area contributed by atoms with E-state index in [0.717, 1.165) is 41.0 Å². The Hall–Kier alpha value is -3.96. The van der Waals surface area contributed by atoms with Gasteiger partial charge in [-0.2, -0.15) is 5.10 Å². The summed E-state index contributed by atoms with van der Waals surface area (Å²) in [6, 6.07) is 21.6. The molecule has 1 aliphatic heterocycles. The van der Waals surface area contributed by atoms with Crippen LogP contribution in [0.3, 0.4) is 0 Å². The van der Waals surface area contributed by atoms with Crippen molar-refractivity contribution < 1.29 is 29.6 Å². The molecule has 0 bridgehead atoms. The molecule has 232 valence electrons. The average Bonchev–Trinajstić information content (AvgIpc) is 3.58. The van der Waals surface area contributed by atoms with E-state index in [2.05, 4.69) is 15.2 Å². The fourth-order valence-corrected chi connectivity index (χ4v) is 5.84. The number of nitrogens with zero attached hydrogens (tertiary/aromatic N) is 3. The minimum Gasteiger partial charge on any atom is -0.393 e. The molecule has 3 aromatic carbocycles. The standard InChI is InChI=1S/C34H39FN4O5/c35-27-12-10-25(11-13-27)30(42)17-16-29-32(26-8-3-23(4-9-26)2-1-19-34(44,20-40)21-41)39(33(29)43)28-14-5-24(6-15-28)7-18-31-36-22-37-38-31/h3-6,8-15,22,29-30,32,40-42,44H,1-2,7,16-21H2,(H,36,37,38)/t29?,30-,32+/m0/s1. The van der Waals surface area contributed by atoms with Crippen molar-refractivity contribution >= 4 is 11.6 Å². The van der Waals surface area contributed by atoms with Gasteiger partial charge in [0.05, 0.1) is 31.3 Å². The van der Waals surface area contributed by atoms with Crippen molar-refractivity contribution in [1.82, 2.24) is 15.2 Å². The van der Waals surface area contributed by atoms with E-state index in [-0.39, 0.29) is 30.1 Å². The van der Waals surface area contributed by atoms with Crippen LogP contribution in [0.25, 0.3) is 0 Å². The zero-order valence-electron chi connectivity index (χ0n) is 24.5. The van der Waals surface area contributed by atoms with Gasteiger partial charge in [0.15, 0.2) is 0 Å². The Bertz CT molecular complexity index is 1480. The van der Waals surface area contributed by atoms with Crippen molar-refractivity contribution in [3.63, 3.8) is 0 Å². The normalized spacial score (nSPS) is 17.5. The lowest BCUT2D eigenvalue weighted by molar-refractivity contribution is -0.131. The molecule has 44 heavy (non-hydrogen) atoms. The molecule has 0 aliphatic carbocycles. The SMILES string of the molecule is O=C1C(CC[C@H](O)c2ccc(F)cc2)[C@@H](c2ccc(CCCC(O)(CO)CO)cc2)N1c1ccc(CCc2ncn[nH]2)cc1. The molecule has 4 aromatic rings. The zero-order chi connectivity index (χ0) is 31.1. The van der Waals surface area contributed by atoms with E-state index in [1.165, 1.54) is 18.5 Å². The molecule has 9 nitrogen and oxygen atoms in total. The molecule has 5 rings (SSSR count). The Morgan fingerprint density at radius 3 is 2.20 bits per heavy atom. The van der Waals surface area contributed by atoms with Crippen LogP contribution in [0.1, 0.15) is 65.9 Å². The molecule has 1 fully saturated rings. The fraction of sp³-hybridized carbons (Fsp3) is 0.382. The number of hydrogen-bond donors (Lipinski definition) is 5. The molecule has 5 N–H and O–H groups in total. The molecule has 1 unspecified atom stereocenters. The van der Waals surface area contributed by atoms with Gasteiger partial charge in [-0.1, -0.05) is 48.5 Å². The minimum atomic E-state index is -1.48. The molecule has 1 saturated heterocycles. The molecule has 10 heteroatoms. The fourth-order valence-electron chi connectivity index (χ4n) is 5.84. The first kappa shape index (κ1) is 31.5. The summed E-state index contributed by atoms with van der Waals surface area (Å²) in [6.07, 6.45) is 4.57. The Balaban J connectivity index is 1.29. The number of benzene rings is 3. The number of carbonyl (C=O) groups excluding carboxylic acids is 1. The molecule has 0 saturated carbocycles. The number of carbonyl (C=O) groups is 1. The zero-order valence-corrected chi connectivity index (χ0v) is 24.5. The largest absolute Gasteiger partial charge is 0.393 e. The average molecular weight is 603 g/mol. The third kappa shape index (κ3) is 7.39. The molecule has 3 atom stereocenters. The number of halogens is 1. The van der Waals surface area contributed by atoms with E-state index in [0.29, 0.717) is 31.2 Å². The molecule has 1 aromatic heterocycles. The van der Waals surface area contributed by atoms with Crippen LogP contribution in [0.4, 0.5) is 10.1 Å². The summed E-state index contributed by atoms with van der Waals surface area (Å²) >= 11 is 0. The number of amides is 1. The summed E-state index contributed by atoms with van der Waals surface area (Å²) in [5.74, 6) is 0.118. The van der Waals surface area contributed by atoms with Crippen LogP contribution in [0.5, 0.6) is 0 Å². The van der Waals surface area contributed by atoms with Crippen LogP contribution < -0.4 is 4.90 Å². The Kier molecular flexibility index (Phi) is 10.2. The summed E-state index contributed by atoms with van der Waals surface area (Å²) in [5, 5.41) is 46.3. The number of aliphatic hydroxyl groups excluding tert-OH is 3. The second-order valence-corrected chi connectivity index (χ2v) is 11.6. The highest BCUT2D eigenvalue weighted by Gasteiger charge is 2.48. The summed E-state index contributed by atoms with van der Waals surface area (Å²) in [5.41, 5.74) is 3.08. The van der Waals surface area contributed by atoms with Gasteiger partial charge in [0.2, 0.25) is 5.91 Å². The topological polar surface area (TPSA) is 143 Å². The maximum Gasteiger partial charge on any atom is 0.233 e. The van der Waals surface area contributed by atoms with Crippen molar-refractivity contribution in [3.05, 3.63) is 113 Å². The number of nitrogens with one attached hydrogen (secondary N) is 1. The van der Waals surface area contributed by atoms with Crippen molar-refractivity contribution in [2.75, 3.05) is 18.1 Å².